The van der Waals surface area contributed by atoms with Crippen LogP contribution in [0.5, 0.6) is 11.5 Å². The molecule has 0 bridgehead atoms. The maximum Gasteiger partial charge on any atom is 0.123 e. The van der Waals surface area contributed by atoms with Crippen LogP contribution in [0.25, 0.3) is 0 Å². The van der Waals surface area contributed by atoms with Crippen LogP contribution in [0.3, 0.4) is 0 Å². The molecule has 1 aromatic carbocycles. The number of unbranched alkanes of at least 4 members (excludes halogenated alkanes) is 2. The molecule has 0 aliphatic heterocycles. The molecule has 0 spiro atoms. The van der Waals surface area contributed by atoms with Crippen molar-refractivity contribution in [3.8, 4) is 11.5 Å². The summed E-state index contributed by atoms with van der Waals surface area (Å²) in [5, 5.41) is 21.2. The topological polar surface area (TPSA) is 40.5 Å². The Kier molecular flexibility index (Phi) is 6.38. The maximum absolute atomic E-state index is 10.6. The number of benzene rings is 1. The van der Waals surface area contributed by atoms with Gasteiger partial charge in [-0.2, -0.15) is 0 Å². The highest BCUT2D eigenvalue weighted by Crippen LogP contribution is 2.49. The first-order valence-electron chi connectivity index (χ1n) is 9.48. The van der Waals surface area contributed by atoms with Crippen LogP contribution in [0.1, 0.15) is 83.3 Å². The van der Waals surface area contributed by atoms with Crippen LogP contribution < -0.4 is 0 Å². The Morgan fingerprint density at radius 3 is 2.30 bits per heavy atom. The molecule has 0 saturated heterocycles. The molecule has 1 aliphatic rings. The molecule has 2 heteroatoms. The number of rotatable bonds is 6. The van der Waals surface area contributed by atoms with E-state index in [9.17, 15) is 10.2 Å². The van der Waals surface area contributed by atoms with Crippen molar-refractivity contribution in [1.82, 2.24) is 0 Å². The van der Waals surface area contributed by atoms with E-state index in [1.165, 1.54) is 25.7 Å². The van der Waals surface area contributed by atoms with Gasteiger partial charge >= 0.3 is 0 Å². The van der Waals surface area contributed by atoms with Gasteiger partial charge in [-0.15, -0.1) is 0 Å². The van der Waals surface area contributed by atoms with Crippen molar-refractivity contribution in [2.75, 3.05) is 0 Å². The number of aromatic hydroxyl groups is 2. The molecule has 1 aliphatic carbocycles. The molecular formula is C21H34O2. The molecular weight excluding hydrogens is 284 g/mol. The van der Waals surface area contributed by atoms with Crippen molar-refractivity contribution in [3.63, 3.8) is 0 Å². The zero-order valence-electron chi connectivity index (χ0n) is 15.3. The lowest BCUT2D eigenvalue weighted by Crippen LogP contribution is -2.26. The fraction of sp³-hybridized carbons (Fsp3) is 0.714. The van der Waals surface area contributed by atoms with Gasteiger partial charge in [0.05, 0.1) is 0 Å². The average Bonchev–Trinajstić information content (AvgIpc) is 2.46. The van der Waals surface area contributed by atoms with Gasteiger partial charge in [-0.3, -0.25) is 0 Å². The van der Waals surface area contributed by atoms with Crippen LogP contribution in [0.15, 0.2) is 12.1 Å². The molecule has 0 amide bonds. The van der Waals surface area contributed by atoms with Crippen molar-refractivity contribution in [2.24, 2.45) is 17.8 Å². The first kappa shape index (κ1) is 18.2. The number of hydrogen-bond acceptors (Lipinski definition) is 2. The predicted octanol–water partition coefficient (Wildman–Crippen LogP) is 6.01. The van der Waals surface area contributed by atoms with E-state index in [2.05, 4.69) is 27.7 Å². The molecule has 2 N–H and O–H groups in total. The Morgan fingerprint density at radius 1 is 1.09 bits per heavy atom. The van der Waals surface area contributed by atoms with E-state index < -0.39 is 0 Å². The van der Waals surface area contributed by atoms with Crippen molar-refractivity contribution < 1.29 is 10.2 Å². The molecule has 2 rings (SSSR count). The van der Waals surface area contributed by atoms with Gasteiger partial charge in [-0.05, 0) is 67.1 Å². The highest BCUT2D eigenvalue weighted by molar-refractivity contribution is 5.49. The van der Waals surface area contributed by atoms with E-state index in [4.69, 9.17) is 0 Å². The highest BCUT2D eigenvalue weighted by atomic mass is 16.3. The van der Waals surface area contributed by atoms with Crippen LogP contribution in [-0.4, -0.2) is 10.2 Å². The molecule has 3 atom stereocenters. The second-order valence-electron chi connectivity index (χ2n) is 7.94. The maximum atomic E-state index is 10.6. The van der Waals surface area contributed by atoms with Crippen molar-refractivity contribution in [1.29, 1.82) is 0 Å². The molecule has 1 saturated carbocycles. The number of hydrogen-bond donors (Lipinski definition) is 2. The zero-order chi connectivity index (χ0) is 17.0. The largest absolute Gasteiger partial charge is 0.508 e. The summed E-state index contributed by atoms with van der Waals surface area (Å²) in [6.07, 6.45) is 7.95. The van der Waals surface area contributed by atoms with Gasteiger partial charge in [0.15, 0.2) is 0 Å². The summed E-state index contributed by atoms with van der Waals surface area (Å²) in [5.41, 5.74) is 1.86. The Hall–Kier alpha value is -1.18. The first-order chi connectivity index (χ1) is 10.9. The molecule has 1 fully saturated rings. The van der Waals surface area contributed by atoms with E-state index in [0.717, 1.165) is 30.4 Å². The Labute approximate surface area is 141 Å². The summed E-state index contributed by atoms with van der Waals surface area (Å²) in [4.78, 5) is 0. The Balaban J connectivity index is 2.26. The van der Waals surface area contributed by atoms with Gasteiger partial charge in [0, 0.05) is 5.56 Å². The summed E-state index contributed by atoms with van der Waals surface area (Å²) >= 11 is 0. The van der Waals surface area contributed by atoms with E-state index in [1.54, 1.807) is 0 Å². The molecule has 0 radical (unpaired) electrons. The van der Waals surface area contributed by atoms with Crippen molar-refractivity contribution >= 4 is 0 Å². The van der Waals surface area contributed by atoms with Crippen LogP contribution >= 0.6 is 0 Å². The Bertz CT molecular complexity index is 484. The van der Waals surface area contributed by atoms with Gasteiger partial charge < -0.3 is 10.2 Å². The van der Waals surface area contributed by atoms with Gasteiger partial charge in [-0.1, -0.05) is 47.0 Å². The summed E-state index contributed by atoms with van der Waals surface area (Å²) in [7, 11) is 0. The van der Waals surface area contributed by atoms with E-state index >= 15 is 0 Å². The molecule has 23 heavy (non-hydrogen) atoms. The molecule has 1 aromatic rings. The lowest BCUT2D eigenvalue weighted by Gasteiger charge is -2.38. The van der Waals surface area contributed by atoms with E-state index in [1.807, 2.05) is 12.1 Å². The number of phenolic OH excluding ortho intramolecular Hbond substituents is 2. The second-order valence-corrected chi connectivity index (χ2v) is 7.94. The van der Waals surface area contributed by atoms with Crippen LogP contribution in [-0.2, 0) is 6.42 Å². The Morgan fingerprint density at radius 2 is 1.74 bits per heavy atom. The summed E-state index contributed by atoms with van der Waals surface area (Å²) < 4.78 is 0. The van der Waals surface area contributed by atoms with Crippen LogP contribution in [0, 0.1) is 17.8 Å². The van der Waals surface area contributed by atoms with Gasteiger partial charge in [0.2, 0.25) is 0 Å². The van der Waals surface area contributed by atoms with E-state index in [0.29, 0.717) is 29.3 Å². The first-order valence-corrected chi connectivity index (χ1v) is 9.48. The van der Waals surface area contributed by atoms with E-state index in [-0.39, 0.29) is 5.92 Å². The normalized spacial score (nSPS) is 25.0. The standard InChI is InChI=1S/C21H34O2/c1-5-6-7-8-16-12-19(22)21(20(23)13-16)18-11-15(4)9-10-17(18)14(2)3/h12-15,17-18,22-23H,5-11H2,1-4H3/t15?,17-,18?/m1/s1. The summed E-state index contributed by atoms with van der Waals surface area (Å²) in [6.45, 7) is 9.01. The lowest BCUT2D eigenvalue weighted by atomic mass is 9.67. The molecule has 0 aromatic heterocycles. The second kappa shape index (κ2) is 8.08. The average molecular weight is 319 g/mol. The molecule has 0 heterocycles. The minimum Gasteiger partial charge on any atom is -0.508 e. The van der Waals surface area contributed by atoms with Gasteiger partial charge in [0.1, 0.15) is 11.5 Å². The number of aryl methyl sites for hydroxylation is 1. The summed E-state index contributed by atoms with van der Waals surface area (Å²) in [5.74, 6) is 2.69. The molecule has 130 valence electrons. The minimum atomic E-state index is 0.281. The third kappa shape index (κ3) is 4.43. The van der Waals surface area contributed by atoms with Crippen molar-refractivity contribution in [2.45, 2.75) is 78.6 Å². The zero-order valence-corrected chi connectivity index (χ0v) is 15.3. The summed E-state index contributed by atoms with van der Waals surface area (Å²) in [6, 6.07) is 3.78. The third-order valence-corrected chi connectivity index (χ3v) is 5.66. The predicted molar refractivity (Wildman–Crippen MR) is 97.1 cm³/mol. The smallest absolute Gasteiger partial charge is 0.123 e. The number of phenols is 2. The molecule has 2 nitrogen and oxygen atoms in total. The van der Waals surface area contributed by atoms with Crippen LogP contribution in [0.4, 0.5) is 0 Å². The lowest BCUT2D eigenvalue weighted by molar-refractivity contribution is 0.192. The SMILES string of the molecule is CCCCCc1cc(O)c(C2CC(C)CC[C@@H]2C(C)C)c(O)c1. The molecule has 2 unspecified atom stereocenters. The van der Waals surface area contributed by atoms with Crippen LogP contribution in [0.2, 0.25) is 0 Å². The quantitative estimate of drug-likeness (QED) is 0.631. The van der Waals surface area contributed by atoms with Gasteiger partial charge in [0.25, 0.3) is 0 Å². The minimum absolute atomic E-state index is 0.281. The van der Waals surface area contributed by atoms with Crippen molar-refractivity contribution in [3.05, 3.63) is 23.3 Å². The van der Waals surface area contributed by atoms with Gasteiger partial charge in [-0.25, -0.2) is 0 Å². The third-order valence-electron chi connectivity index (χ3n) is 5.66. The fourth-order valence-corrected chi connectivity index (χ4v) is 4.32. The monoisotopic (exact) mass is 318 g/mol. The fourth-order valence-electron chi connectivity index (χ4n) is 4.32. The highest BCUT2D eigenvalue weighted by Gasteiger charge is 2.34.